The Morgan fingerprint density at radius 1 is 1.69 bits per heavy atom. The first-order chi connectivity index (χ1) is 7.27. The van der Waals surface area contributed by atoms with Gasteiger partial charge in [-0.2, -0.15) is 0 Å². The van der Waals surface area contributed by atoms with Crippen molar-refractivity contribution in [3.63, 3.8) is 0 Å². The average molecular weight is 222 g/mol. The maximum absolute atomic E-state index is 11.4. The molecule has 0 aliphatic heterocycles. The van der Waals surface area contributed by atoms with Gasteiger partial charge in [0.15, 0.2) is 0 Å². The van der Waals surface area contributed by atoms with Crippen LogP contribution in [0.2, 0.25) is 0 Å². The number of aliphatic carboxylic acids is 1. The van der Waals surface area contributed by atoms with Gasteiger partial charge in [0.25, 0.3) is 0 Å². The lowest BCUT2D eigenvalue weighted by molar-refractivity contribution is -0.151. The summed E-state index contributed by atoms with van der Waals surface area (Å²) in [5.41, 5.74) is 1.69. The molecule has 2 nitrogen and oxygen atoms in total. The Morgan fingerprint density at radius 3 is 2.69 bits per heavy atom. The lowest BCUT2D eigenvalue weighted by atomic mass is 9.64. The maximum atomic E-state index is 11.4. The van der Waals surface area contributed by atoms with Crippen molar-refractivity contribution in [2.75, 3.05) is 0 Å². The summed E-state index contributed by atoms with van der Waals surface area (Å²) in [6, 6.07) is 0. The van der Waals surface area contributed by atoms with Crippen molar-refractivity contribution in [1.29, 1.82) is 0 Å². The van der Waals surface area contributed by atoms with Crippen LogP contribution in [0.1, 0.15) is 40.5 Å². The summed E-state index contributed by atoms with van der Waals surface area (Å²) >= 11 is 0. The van der Waals surface area contributed by atoms with Gasteiger partial charge in [-0.1, -0.05) is 24.1 Å². The Hall–Kier alpha value is -1.05. The zero-order valence-corrected chi connectivity index (χ0v) is 10.7. The zero-order valence-electron chi connectivity index (χ0n) is 10.7. The van der Waals surface area contributed by atoms with Crippen molar-refractivity contribution in [3.05, 3.63) is 23.8 Å². The average Bonchev–Trinajstić information content (AvgIpc) is 2.12. The van der Waals surface area contributed by atoms with E-state index in [9.17, 15) is 9.90 Å². The Kier molecular flexibility index (Phi) is 3.61. The molecule has 0 aromatic carbocycles. The Labute approximate surface area is 98.1 Å². The molecule has 0 aromatic rings. The summed E-state index contributed by atoms with van der Waals surface area (Å²) in [4.78, 5) is 11.4. The molecular weight excluding hydrogens is 200 g/mol. The third kappa shape index (κ3) is 2.37. The van der Waals surface area contributed by atoms with Crippen LogP contribution in [-0.2, 0) is 4.79 Å². The summed E-state index contributed by atoms with van der Waals surface area (Å²) in [5.74, 6) is -0.236. The maximum Gasteiger partial charge on any atom is 0.309 e. The highest BCUT2D eigenvalue weighted by atomic mass is 16.4. The van der Waals surface area contributed by atoms with E-state index >= 15 is 0 Å². The van der Waals surface area contributed by atoms with Crippen LogP contribution in [0.4, 0.5) is 0 Å². The minimum Gasteiger partial charge on any atom is -0.481 e. The van der Waals surface area contributed by atoms with Gasteiger partial charge in [0.1, 0.15) is 0 Å². The van der Waals surface area contributed by atoms with Gasteiger partial charge in [-0.25, -0.2) is 0 Å². The number of allylic oxidation sites excluding steroid dienone is 3. The lowest BCUT2D eigenvalue weighted by Gasteiger charge is -2.39. The molecule has 3 unspecified atom stereocenters. The highest BCUT2D eigenvalue weighted by molar-refractivity contribution is 5.75. The van der Waals surface area contributed by atoms with Gasteiger partial charge in [-0.05, 0) is 45.4 Å². The van der Waals surface area contributed by atoms with Gasteiger partial charge in [-0.15, -0.1) is 6.58 Å². The molecule has 3 atom stereocenters. The Morgan fingerprint density at radius 2 is 2.25 bits per heavy atom. The lowest BCUT2D eigenvalue weighted by Crippen LogP contribution is -2.39. The predicted molar refractivity (Wildman–Crippen MR) is 66.2 cm³/mol. The van der Waals surface area contributed by atoms with Crippen LogP contribution >= 0.6 is 0 Å². The summed E-state index contributed by atoms with van der Waals surface area (Å²) < 4.78 is 0. The molecule has 1 aliphatic carbocycles. The number of hydrogen-bond acceptors (Lipinski definition) is 1. The molecule has 90 valence electrons. The standard InChI is InChI=1S/C14H22O2/c1-9(2)6-12-7-10(3)11(4)14(5,8-12)13(15)16/h7,11-12H,1,6,8H2,2-5H3,(H,15,16). The van der Waals surface area contributed by atoms with E-state index in [0.29, 0.717) is 12.3 Å². The number of rotatable bonds is 3. The van der Waals surface area contributed by atoms with Crippen molar-refractivity contribution < 1.29 is 9.90 Å². The summed E-state index contributed by atoms with van der Waals surface area (Å²) in [5, 5.41) is 9.39. The number of carboxylic acids is 1. The molecule has 0 amide bonds. The Balaban J connectivity index is 2.98. The summed E-state index contributed by atoms with van der Waals surface area (Å²) in [6.07, 6.45) is 3.84. The molecule has 0 saturated heterocycles. The van der Waals surface area contributed by atoms with Gasteiger partial charge < -0.3 is 5.11 Å². The van der Waals surface area contributed by atoms with Gasteiger partial charge >= 0.3 is 5.97 Å². The molecule has 0 radical (unpaired) electrons. The van der Waals surface area contributed by atoms with Gasteiger partial charge in [-0.3, -0.25) is 4.79 Å². The molecular formula is C14H22O2. The van der Waals surface area contributed by atoms with Crippen molar-refractivity contribution in [3.8, 4) is 0 Å². The van der Waals surface area contributed by atoms with E-state index in [1.165, 1.54) is 5.57 Å². The molecule has 1 rings (SSSR count). The van der Waals surface area contributed by atoms with Crippen molar-refractivity contribution in [2.24, 2.45) is 17.3 Å². The first-order valence-corrected chi connectivity index (χ1v) is 5.83. The van der Waals surface area contributed by atoms with Crippen molar-refractivity contribution >= 4 is 5.97 Å². The molecule has 0 aromatic heterocycles. The minimum atomic E-state index is -0.681. The highest BCUT2D eigenvalue weighted by Gasteiger charge is 2.43. The molecule has 0 spiro atoms. The molecule has 0 fully saturated rings. The monoisotopic (exact) mass is 222 g/mol. The normalized spacial score (nSPS) is 34.4. The Bertz CT molecular complexity index is 341. The van der Waals surface area contributed by atoms with E-state index in [1.807, 2.05) is 27.7 Å². The van der Waals surface area contributed by atoms with E-state index in [4.69, 9.17) is 0 Å². The molecule has 0 heterocycles. The molecule has 0 saturated carbocycles. The van der Waals surface area contributed by atoms with Crippen LogP contribution in [0.15, 0.2) is 23.8 Å². The van der Waals surface area contributed by atoms with E-state index in [0.717, 1.165) is 12.0 Å². The number of carboxylic acid groups (broad SMARTS) is 1. The van der Waals surface area contributed by atoms with Crippen LogP contribution in [0.5, 0.6) is 0 Å². The minimum absolute atomic E-state index is 0.117. The fourth-order valence-electron chi connectivity index (χ4n) is 2.65. The third-order valence-electron chi connectivity index (χ3n) is 3.92. The largest absolute Gasteiger partial charge is 0.481 e. The third-order valence-corrected chi connectivity index (χ3v) is 3.92. The van der Waals surface area contributed by atoms with Gasteiger partial charge in [0.05, 0.1) is 5.41 Å². The fourth-order valence-corrected chi connectivity index (χ4v) is 2.65. The van der Waals surface area contributed by atoms with E-state index in [-0.39, 0.29) is 5.92 Å². The number of carbonyl (C=O) groups is 1. The molecule has 2 heteroatoms. The quantitative estimate of drug-likeness (QED) is 0.740. The molecule has 0 bridgehead atoms. The van der Waals surface area contributed by atoms with Crippen LogP contribution in [-0.4, -0.2) is 11.1 Å². The summed E-state index contributed by atoms with van der Waals surface area (Å²) in [6.45, 7) is 11.8. The second kappa shape index (κ2) is 4.44. The molecule has 16 heavy (non-hydrogen) atoms. The van der Waals surface area contributed by atoms with Gasteiger partial charge in [0, 0.05) is 0 Å². The van der Waals surface area contributed by atoms with Crippen LogP contribution in [0.3, 0.4) is 0 Å². The second-order valence-electron chi connectivity index (χ2n) is 5.48. The fraction of sp³-hybridized carbons (Fsp3) is 0.643. The topological polar surface area (TPSA) is 37.3 Å². The number of hydrogen-bond donors (Lipinski definition) is 1. The first-order valence-electron chi connectivity index (χ1n) is 5.83. The van der Waals surface area contributed by atoms with Crippen LogP contribution in [0.25, 0.3) is 0 Å². The van der Waals surface area contributed by atoms with E-state index in [2.05, 4.69) is 12.7 Å². The first kappa shape index (κ1) is 13.0. The zero-order chi connectivity index (χ0) is 12.5. The smallest absolute Gasteiger partial charge is 0.309 e. The second-order valence-corrected chi connectivity index (χ2v) is 5.48. The van der Waals surface area contributed by atoms with E-state index < -0.39 is 11.4 Å². The van der Waals surface area contributed by atoms with Crippen LogP contribution < -0.4 is 0 Å². The SMILES string of the molecule is C=C(C)CC1C=C(C)C(C)C(C)(C(=O)O)C1. The molecule has 1 aliphatic rings. The van der Waals surface area contributed by atoms with Gasteiger partial charge in [0.2, 0.25) is 0 Å². The van der Waals surface area contributed by atoms with Crippen LogP contribution in [0, 0.1) is 17.3 Å². The highest BCUT2D eigenvalue weighted by Crippen LogP contribution is 2.44. The molecule has 1 N–H and O–H groups in total. The van der Waals surface area contributed by atoms with Crippen molar-refractivity contribution in [2.45, 2.75) is 40.5 Å². The summed E-state index contributed by atoms with van der Waals surface area (Å²) in [7, 11) is 0. The van der Waals surface area contributed by atoms with Crippen molar-refractivity contribution in [1.82, 2.24) is 0 Å². The predicted octanol–water partition coefficient (Wildman–Crippen LogP) is 3.65. The van der Waals surface area contributed by atoms with E-state index in [1.54, 1.807) is 0 Å².